The van der Waals surface area contributed by atoms with E-state index in [0.29, 0.717) is 28.3 Å². The first-order chi connectivity index (χ1) is 10.7. The van der Waals surface area contributed by atoms with Gasteiger partial charge in [-0.05, 0) is 24.3 Å². The quantitative estimate of drug-likeness (QED) is 0.492. The number of fused-ring (bicyclic) bond motifs is 1. The minimum atomic E-state index is -0.505. The second-order valence-corrected chi connectivity index (χ2v) is 4.44. The smallest absolute Gasteiger partial charge is 0.282 e. The van der Waals surface area contributed by atoms with Crippen LogP contribution in [0.3, 0.4) is 0 Å². The summed E-state index contributed by atoms with van der Waals surface area (Å²) in [5.41, 5.74) is 1.18. The summed E-state index contributed by atoms with van der Waals surface area (Å²) < 4.78 is 10.3. The zero-order valence-corrected chi connectivity index (χ0v) is 11.2. The summed E-state index contributed by atoms with van der Waals surface area (Å²) in [6.07, 6.45) is 1.37. The Morgan fingerprint density at radius 2 is 2.05 bits per heavy atom. The Morgan fingerprint density at radius 1 is 1.27 bits per heavy atom. The van der Waals surface area contributed by atoms with Crippen LogP contribution in [0.25, 0.3) is 0 Å². The van der Waals surface area contributed by atoms with Crippen molar-refractivity contribution in [2.75, 3.05) is 6.79 Å². The van der Waals surface area contributed by atoms with Crippen LogP contribution in [0.15, 0.2) is 41.4 Å². The normalized spacial score (nSPS) is 12.3. The molecule has 0 N–H and O–H groups in total. The second kappa shape index (κ2) is 5.54. The Balaban J connectivity index is 1.99. The standard InChI is InChI=1S/C15H9N3O4/c16-7-10-2-1-3-12(4-10)17-8-11-5-14-15(22-9-21-14)6-13(11)18(19)20/h1-6,8H,9H2. The molecular formula is C15H9N3O4. The molecular weight excluding hydrogens is 286 g/mol. The number of nitro groups is 1. The minimum Gasteiger partial charge on any atom is -0.454 e. The lowest BCUT2D eigenvalue weighted by atomic mass is 10.1. The van der Waals surface area contributed by atoms with Crippen molar-refractivity contribution in [3.63, 3.8) is 0 Å². The van der Waals surface area contributed by atoms with Crippen molar-refractivity contribution in [1.29, 1.82) is 5.26 Å². The maximum atomic E-state index is 11.1. The highest BCUT2D eigenvalue weighted by molar-refractivity contribution is 5.88. The molecule has 0 spiro atoms. The molecule has 2 aromatic rings. The molecule has 7 heteroatoms. The Labute approximate surface area is 125 Å². The molecule has 0 atom stereocenters. The average molecular weight is 295 g/mol. The first-order valence-corrected chi connectivity index (χ1v) is 6.29. The van der Waals surface area contributed by atoms with Gasteiger partial charge in [-0.2, -0.15) is 5.26 Å². The molecule has 1 aliphatic rings. The number of aliphatic imine (C=N–C) groups is 1. The SMILES string of the molecule is N#Cc1cccc(N=Cc2cc3c(cc2[N+](=O)[O-])OCO3)c1. The number of ether oxygens (including phenoxy) is 2. The van der Waals surface area contributed by atoms with Gasteiger partial charge in [0.2, 0.25) is 6.79 Å². The van der Waals surface area contributed by atoms with Crippen molar-refractivity contribution >= 4 is 17.6 Å². The first-order valence-electron chi connectivity index (χ1n) is 6.29. The summed E-state index contributed by atoms with van der Waals surface area (Å²) in [6, 6.07) is 11.5. The second-order valence-electron chi connectivity index (χ2n) is 4.44. The van der Waals surface area contributed by atoms with Crippen molar-refractivity contribution in [2.45, 2.75) is 0 Å². The van der Waals surface area contributed by atoms with Crippen LogP contribution in [0.2, 0.25) is 0 Å². The van der Waals surface area contributed by atoms with Crippen molar-refractivity contribution in [3.05, 3.63) is 57.6 Å². The van der Waals surface area contributed by atoms with Gasteiger partial charge in [-0.3, -0.25) is 15.1 Å². The van der Waals surface area contributed by atoms with Gasteiger partial charge in [-0.1, -0.05) is 6.07 Å². The van der Waals surface area contributed by atoms with Crippen molar-refractivity contribution < 1.29 is 14.4 Å². The molecule has 22 heavy (non-hydrogen) atoms. The highest BCUT2D eigenvalue weighted by Crippen LogP contribution is 2.37. The van der Waals surface area contributed by atoms with Gasteiger partial charge in [0, 0.05) is 6.21 Å². The van der Waals surface area contributed by atoms with Gasteiger partial charge in [0.15, 0.2) is 11.5 Å². The number of nitro benzene ring substituents is 1. The monoisotopic (exact) mass is 295 g/mol. The van der Waals surface area contributed by atoms with E-state index in [4.69, 9.17) is 14.7 Å². The molecule has 0 radical (unpaired) electrons. The van der Waals surface area contributed by atoms with Gasteiger partial charge < -0.3 is 9.47 Å². The molecule has 0 aromatic heterocycles. The molecule has 7 nitrogen and oxygen atoms in total. The van der Waals surface area contributed by atoms with E-state index in [1.165, 1.54) is 18.3 Å². The largest absolute Gasteiger partial charge is 0.454 e. The summed E-state index contributed by atoms with van der Waals surface area (Å²) >= 11 is 0. The molecule has 108 valence electrons. The summed E-state index contributed by atoms with van der Waals surface area (Å²) in [5.74, 6) is 0.785. The predicted octanol–water partition coefficient (Wildman–Crippen LogP) is 2.95. The topological polar surface area (TPSA) is 97.8 Å². The predicted molar refractivity (Wildman–Crippen MR) is 77.6 cm³/mol. The third-order valence-corrected chi connectivity index (χ3v) is 3.05. The fourth-order valence-corrected chi connectivity index (χ4v) is 2.01. The summed E-state index contributed by atoms with van der Waals surface area (Å²) in [5, 5.41) is 20.0. The van der Waals surface area contributed by atoms with Crippen LogP contribution in [0.1, 0.15) is 11.1 Å². The van der Waals surface area contributed by atoms with Crippen LogP contribution in [0.5, 0.6) is 11.5 Å². The van der Waals surface area contributed by atoms with Gasteiger partial charge >= 0.3 is 0 Å². The van der Waals surface area contributed by atoms with E-state index in [1.807, 2.05) is 6.07 Å². The molecule has 0 amide bonds. The van der Waals surface area contributed by atoms with Crippen LogP contribution in [-0.2, 0) is 0 Å². The molecule has 2 aromatic carbocycles. The molecule has 3 rings (SSSR count). The van der Waals surface area contributed by atoms with Gasteiger partial charge in [-0.25, -0.2) is 0 Å². The van der Waals surface area contributed by atoms with E-state index >= 15 is 0 Å². The highest BCUT2D eigenvalue weighted by atomic mass is 16.7. The lowest BCUT2D eigenvalue weighted by molar-refractivity contribution is -0.385. The third-order valence-electron chi connectivity index (χ3n) is 3.05. The van der Waals surface area contributed by atoms with E-state index < -0.39 is 4.92 Å². The lowest BCUT2D eigenvalue weighted by Gasteiger charge is -2.00. The van der Waals surface area contributed by atoms with Crippen molar-refractivity contribution in [2.24, 2.45) is 4.99 Å². The van der Waals surface area contributed by atoms with Gasteiger partial charge in [0.05, 0.1) is 33.9 Å². The number of benzene rings is 2. The van der Waals surface area contributed by atoms with Gasteiger partial charge in [0.25, 0.3) is 5.69 Å². The summed E-state index contributed by atoms with van der Waals surface area (Å²) in [6.45, 7) is 0.0390. The Hall–Kier alpha value is -3.40. The molecule has 1 aliphatic heterocycles. The molecule has 1 heterocycles. The first kappa shape index (κ1) is 13.6. The minimum absolute atomic E-state index is 0.0390. The maximum Gasteiger partial charge on any atom is 0.282 e. The van der Waals surface area contributed by atoms with E-state index in [-0.39, 0.29) is 12.5 Å². The van der Waals surface area contributed by atoms with Crippen LogP contribution >= 0.6 is 0 Å². The van der Waals surface area contributed by atoms with Crippen LogP contribution < -0.4 is 9.47 Å². The van der Waals surface area contributed by atoms with E-state index in [0.717, 1.165) is 0 Å². The Morgan fingerprint density at radius 3 is 2.77 bits per heavy atom. The number of rotatable bonds is 3. The van der Waals surface area contributed by atoms with Crippen LogP contribution in [-0.4, -0.2) is 17.9 Å². The number of nitriles is 1. The average Bonchev–Trinajstić information content (AvgIpc) is 2.99. The molecule has 0 fully saturated rings. The maximum absolute atomic E-state index is 11.1. The van der Waals surface area contributed by atoms with Crippen molar-refractivity contribution in [3.8, 4) is 17.6 Å². The van der Waals surface area contributed by atoms with Crippen LogP contribution in [0.4, 0.5) is 11.4 Å². The Kier molecular flexibility index (Phi) is 3.42. The zero-order chi connectivity index (χ0) is 15.5. The lowest BCUT2D eigenvalue weighted by Crippen LogP contribution is -1.94. The Bertz CT molecular complexity index is 824. The van der Waals surface area contributed by atoms with Crippen LogP contribution in [0, 0.1) is 21.4 Å². The summed E-state index contributed by atoms with van der Waals surface area (Å²) in [7, 11) is 0. The molecule has 0 unspecified atom stereocenters. The number of hydrogen-bond acceptors (Lipinski definition) is 6. The molecule has 0 aliphatic carbocycles. The van der Waals surface area contributed by atoms with E-state index in [9.17, 15) is 10.1 Å². The van der Waals surface area contributed by atoms with Crippen molar-refractivity contribution in [1.82, 2.24) is 0 Å². The highest BCUT2D eigenvalue weighted by Gasteiger charge is 2.22. The fourth-order valence-electron chi connectivity index (χ4n) is 2.01. The number of hydrogen-bond donors (Lipinski definition) is 0. The number of nitrogens with zero attached hydrogens (tertiary/aromatic N) is 3. The fraction of sp³-hybridized carbons (Fsp3) is 0.0667. The van der Waals surface area contributed by atoms with Gasteiger partial charge in [0.1, 0.15) is 0 Å². The molecule has 0 saturated carbocycles. The summed E-state index contributed by atoms with van der Waals surface area (Å²) in [4.78, 5) is 14.8. The van der Waals surface area contributed by atoms with E-state index in [2.05, 4.69) is 4.99 Å². The zero-order valence-electron chi connectivity index (χ0n) is 11.2. The van der Waals surface area contributed by atoms with E-state index in [1.54, 1.807) is 24.3 Å². The molecule has 0 saturated heterocycles. The van der Waals surface area contributed by atoms with Gasteiger partial charge in [-0.15, -0.1) is 0 Å². The third kappa shape index (κ3) is 2.58. The molecule has 0 bridgehead atoms.